The van der Waals surface area contributed by atoms with Crippen LogP contribution in [0.4, 0.5) is 5.69 Å². The lowest BCUT2D eigenvalue weighted by molar-refractivity contribution is 0.273. The van der Waals surface area contributed by atoms with E-state index in [0.717, 1.165) is 16.8 Å². The van der Waals surface area contributed by atoms with Gasteiger partial charge in [-0.1, -0.05) is 30.8 Å². The number of thioether (sulfide) groups is 2. The first-order valence-electron chi connectivity index (χ1n) is 7.33. The van der Waals surface area contributed by atoms with Crippen LogP contribution in [0.2, 0.25) is 0 Å². The molecule has 1 aromatic rings. The number of nitrogens with zero attached hydrogens (tertiary/aromatic N) is 1. The van der Waals surface area contributed by atoms with Crippen LogP contribution in [-0.2, 0) is 0 Å². The number of amidine groups is 1. The molecule has 1 heterocycles. The number of rotatable bonds is 2. The Kier molecular flexibility index (Phi) is 4.32. The average molecular weight is 306 g/mol. The van der Waals surface area contributed by atoms with E-state index in [9.17, 15) is 0 Å². The van der Waals surface area contributed by atoms with E-state index in [4.69, 9.17) is 4.99 Å². The molecule has 1 spiro atoms. The van der Waals surface area contributed by atoms with Crippen LogP contribution in [-0.4, -0.2) is 22.7 Å². The van der Waals surface area contributed by atoms with Crippen molar-refractivity contribution >= 4 is 34.4 Å². The van der Waals surface area contributed by atoms with Gasteiger partial charge in [-0.05, 0) is 50.0 Å². The normalized spacial score (nSPS) is 29.5. The average Bonchev–Trinajstić information content (AvgIpc) is 2.86. The molecule has 1 saturated carbocycles. The molecular formula is C16H22N2S2. The van der Waals surface area contributed by atoms with Crippen LogP contribution in [0.3, 0.4) is 0 Å². The predicted molar refractivity (Wildman–Crippen MR) is 92.1 cm³/mol. The molecule has 1 aromatic carbocycles. The van der Waals surface area contributed by atoms with Crippen molar-refractivity contribution in [3.63, 3.8) is 0 Å². The Bertz CT molecular complexity index is 505. The van der Waals surface area contributed by atoms with Crippen LogP contribution < -0.4 is 5.32 Å². The molecule has 108 valence electrons. The van der Waals surface area contributed by atoms with Gasteiger partial charge in [0.2, 0.25) is 0 Å². The number of benzene rings is 1. The van der Waals surface area contributed by atoms with Crippen LogP contribution in [0.5, 0.6) is 0 Å². The summed E-state index contributed by atoms with van der Waals surface area (Å²) in [6, 6.07) is 8.47. The summed E-state index contributed by atoms with van der Waals surface area (Å²) in [4.78, 5) is 6.33. The Hall–Kier alpha value is -0.610. The second-order valence-corrected chi connectivity index (χ2v) is 7.75. The second-order valence-electron chi connectivity index (χ2n) is 5.94. The van der Waals surface area contributed by atoms with Crippen molar-refractivity contribution in [1.82, 2.24) is 0 Å². The fraction of sp³-hybridized carbons (Fsp3) is 0.562. The molecule has 2 nitrogen and oxygen atoms in total. The molecule has 1 aliphatic carbocycles. The molecule has 1 N–H and O–H groups in total. The number of aliphatic imine (C=N–C) groups is 1. The molecule has 4 heteroatoms. The molecule has 1 fully saturated rings. The minimum atomic E-state index is 0.230. The summed E-state index contributed by atoms with van der Waals surface area (Å²) in [5, 5.41) is 4.65. The molecular weight excluding hydrogens is 284 g/mol. The summed E-state index contributed by atoms with van der Waals surface area (Å²) < 4.78 is 0. The van der Waals surface area contributed by atoms with Gasteiger partial charge in [0.25, 0.3) is 0 Å². The number of nitrogens with one attached hydrogen (secondary N) is 1. The van der Waals surface area contributed by atoms with E-state index in [1.165, 1.54) is 36.3 Å². The molecule has 0 bridgehead atoms. The number of hydrogen-bond acceptors (Lipinski definition) is 4. The summed E-state index contributed by atoms with van der Waals surface area (Å²) in [7, 11) is 0. The van der Waals surface area contributed by atoms with Crippen molar-refractivity contribution in [3.8, 4) is 0 Å². The summed E-state index contributed by atoms with van der Waals surface area (Å²) in [6.07, 6.45) is 7.30. The number of para-hydroxylation sites is 1. The van der Waals surface area contributed by atoms with Gasteiger partial charge in [-0.25, -0.2) is 0 Å². The van der Waals surface area contributed by atoms with Crippen molar-refractivity contribution in [2.45, 2.75) is 43.0 Å². The smallest absolute Gasteiger partial charge is 0.161 e. The standard InChI is InChI=1S/C16H22N2S2/c1-12-7-9-16(10-8-12)11-20-15(18-16)17-13-5-3-4-6-14(13)19-2/h3-6,12H,7-11H2,1-2H3,(H,17,18). The first-order valence-corrected chi connectivity index (χ1v) is 9.54. The molecule has 0 unspecified atom stereocenters. The van der Waals surface area contributed by atoms with E-state index in [1.54, 1.807) is 11.8 Å². The van der Waals surface area contributed by atoms with E-state index in [1.807, 2.05) is 11.8 Å². The summed E-state index contributed by atoms with van der Waals surface area (Å²) >= 11 is 3.67. The minimum Gasteiger partial charge on any atom is -0.334 e. The summed E-state index contributed by atoms with van der Waals surface area (Å²) in [5.41, 5.74) is 1.42. The van der Waals surface area contributed by atoms with Crippen molar-refractivity contribution in [1.29, 1.82) is 0 Å². The zero-order valence-electron chi connectivity index (χ0n) is 12.2. The van der Waals surface area contributed by atoms with E-state index in [-0.39, 0.29) is 5.54 Å². The van der Waals surface area contributed by atoms with Gasteiger partial charge >= 0.3 is 0 Å². The van der Waals surface area contributed by atoms with Gasteiger partial charge in [0.1, 0.15) is 0 Å². The monoisotopic (exact) mass is 306 g/mol. The van der Waals surface area contributed by atoms with Gasteiger partial charge in [0.05, 0.1) is 11.2 Å². The lowest BCUT2D eigenvalue weighted by Gasteiger charge is -2.32. The molecule has 0 atom stereocenters. The van der Waals surface area contributed by atoms with E-state index in [2.05, 4.69) is 42.8 Å². The van der Waals surface area contributed by atoms with Crippen molar-refractivity contribution < 1.29 is 0 Å². The molecule has 0 aromatic heterocycles. The molecule has 3 rings (SSSR count). The van der Waals surface area contributed by atoms with Crippen molar-refractivity contribution in [3.05, 3.63) is 24.3 Å². The van der Waals surface area contributed by atoms with Gasteiger partial charge in [0, 0.05) is 10.6 Å². The van der Waals surface area contributed by atoms with Crippen molar-refractivity contribution in [2.75, 3.05) is 17.3 Å². The van der Waals surface area contributed by atoms with Gasteiger partial charge < -0.3 is 5.32 Å². The zero-order valence-corrected chi connectivity index (χ0v) is 13.8. The molecule has 0 saturated heterocycles. The summed E-state index contributed by atoms with van der Waals surface area (Å²) in [6.45, 7) is 2.37. The van der Waals surface area contributed by atoms with E-state index >= 15 is 0 Å². The summed E-state index contributed by atoms with van der Waals surface area (Å²) in [5.74, 6) is 2.04. The maximum Gasteiger partial charge on any atom is 0.161 e. The molecule has 2 aliphatic rings. The maximum absolute atomic E-state index is 5.04. The van der Waals surface area contributed by atoms with Crippen LogP contribution >= 0.6 is 23.5 Å². The highest BCUT2D eigenvalue weighted by Gasteiger charge is 2.38. The number of hydrogen-bond donors (Lipinski definition) is 1. The lowest BCUT2D eigenvalue weighted by atomic mass is 9.79. The highest BCUT2D eigenvalue weighted by Crippen LogP contribution is 2.42. The Morgan fingerprint density at radius 2 is 2.05 bits per heavy atom. The Morgan fingerprint density at radius 1 is 1.30 bits per heavy atom. The van der Waals surface area contributed by atoms with Crippen LogP contribution in [0.1, 0.15) is 32.6 Å². The fourth-order valence-electron chi connectivity index (χ4n) is 2.97. The highest BCUT2D eigenvalue weighted by atomic mass is 32.2. The quantitative estimate of drug-likeness (QED) is 0.789. The van der Waals surface area contributed by atoms with Crippen LogP contribution in [0.15, 0.2) is 34.2 Å². The second kappa shape index (κ2) is 6.02. The van der Waals surface area contributed by atoms with Crippen LogP contribution in [0, 0.1) is 5.92 Å². The Labute approximate surface area is 130 Å². The lowest BCUT2D eigenvalue weighted by Crippen LogP contribution is -2.32. The van der Waals surface area contributed by atoms with Gasteiger partial charge in [-0.3, -0.25) is 4.99 Å². The third-order valence-corrected chi connectivity index (χ3v) is 6.31. The molecule has 0 radical (unpaired) electrons. The highest BCUT2D eigenvalue weighted by molar-refractivity contribution is 8.14. The third-order valence-electron chi connectivity index (χ3n) is 4.37. The maximum atomic E-state index is 5.04. The van der Waals surface area contributed by atoms with Gasteiger partial charge in [-0.2, -0.15) is 0 Å². The topological polar surface area (TPSA) is 24.4 Å². The van der Waals surface area contributed by atoms with Gasteiger partial charge in [-0.15, -0.1) is 11.8 Å². The largest absolute Gasteiger partial charge is 0.334 e. The minimum absolute atomic E-state index is 0.230. The Morgan fingerprint density at radius 3 is 2.80 bits per heavy atom. The predicted octanol–water partition coefficient (Wildman–Crippen LogP) is 4.87. The van der Waals surface area contributed by atoms with Crippen LogP contribution in [0.25, 0.3) is 0 Å². The third kappa shape index (κ3) is 3.01. The molecule has 20 heavy (non-hydrogen) atoms. The molecule has 1 aliphatic heterocycles. The first-order chi connectivity index (χ1) is 9.71. The Balaban J connectivity index is 1.72. The SMILES string of the molecule is CSc1ccccc1NC1=NC2(CCC(C)CC2)CS1. The van der Waals surface area contributed by atoms with E-state index in [0.29, 0.717) is 0 Å². The van der Waals surface area contributed by atoms with E-state index < -0.39 is 0 Å². The number of anilines is 1. The van der Waals surface area contributed by atoms with Gasteiger partial charge in [0.15, 0.2) is 5.17 Å². The van der Waals surface area contributed by atoms with Crippen molar-refractivity contribution in [2.24, 2.45) is 10.9 Å². The zero-order chi connectivity index (χ0) is 14.0. The first kappa shape index (κ1) is 14.3. The fourth-order valence-corrected chi connectivity index (χ4v) is 4.72. The molecule has 0 amide bonds.